The maximum Gasteiger partial charge on any atom is 0.362 e. The van der Waals surface area contributed by atoms with Gasteiger partial charge in [-0.15, -0.1) is 0 Å². The number of amides is 2. The lowest BCUT2D eigenvalue weighted by Crippen LogP contribution is -2.37. The van der Waals surface area contributed by atoms with Crippen LogP contribution in [0.5, 0.6) is 0 Å². The lowest BCUT2D eigenvalue weighted by Gasteiger charge is -2.25. The summed E-state index contributed by atoms with van der Waals surface area (Å²) < 4.78 is 32.9. The molecule has 1 aliphatic heterocycles. The van der Waals surface area contributed by atoms with Crippen LogP contribution in [0, 0.1) is 13.8 Å². The molecule has 1 N–H and O–H groups in total. The molecule has 1 aromatic heterocycles. The first-order chi connectivity index (χ1) is 13.3. The fraction of sp³-hybridized carbons (Fsp3) is 0.294. The quantitative estimate of drug-likeness (QED) is 0.763. The van der Waals surface area contributed by atoms with E-state index in [9.17, 15) is 18.0 Å². The Labute approximate surface area is 162 Å². The molecule has 0 spiro atoms. The fourth-order valence-corrected chi connectivity index (χ4v) is 2.22. The van der Waals surface area contributed by atoms with Crippen LogP contribution in [-0.2, 0) is 20.0 Å². The summed E-state index contributed by atoms with van der Waals surface area (Å²) in [4.78, 5) is 30.0. The zero-order chi connectivity index (χ0) is 20.5. The number of ether oxygens (including phenoxy) is 2. The van der Waals surface area contributed by atoms with Crippen molar-refractivity contribution in [2.45, 2.75) is 20.0 Å². The molecule has 2 amide bonds. The van der Waals surface area contributed by atoms with Gasteiger partial charge in [0.15, 0.2) is 0 Å². The van der Waals surface area contributed by atoms with Gasteiger partial charge < -0.3 is 9.47 Å². The molecule has 148 valence electrons. The van der Waals surface area contributed by atoms with Gasteiger partial charge in [-0.25, -0.2) is 19.6 Å². The van der Waals surface area contributed by atoms with Gasteiger partial charge >= 0.3 is 22.5 Å². The zero-order valence-electron chi connectivity index (χ0n) is 15.2. The van der Waals surface area contributed by atoms with Crippen LogP contribution in [0.2, 0.25) is 0 Å². The van der Waals surface area contributed by atoms with E-state index >= 15 is 0 Å². The molecule has 1 aliphatic rings. The van der Waals surface area contributed by atoms with Gasteiger partial charge in [0.25, 0.3) is 0 Å². The Balaban J connectivity index is 0.000000202. The minimum atomic E-state index is -2.77. The number of anilines is 1. The third kappa shape index (κ3) is 7.21. The molecule has 3 rings (SSSR count). The van der Waals surface area contributed by atoms with E-state index in [2.05, 4.69) is 19.6 Å². The van der Waals surface area contributed by atoms with E-state index in [1.54, 1.807) is 32.0 Å². The maximum absolute atomic E-state index is 11.4. The van der Waals surface area contributed by atoms with Crippen molar-refractivity contribution in [1.29, 1.82) is 0 Å². The predicted octanol–water partition coefficient (Wildman–Crippen LogP) is 1.93. The number of carbonyl (C=O) groups is 2. The monoisotopic (exact) mass is 406 g/mol. The van der Waals surface area contributed by atoms with Crippen molar-refractivity contribution in [2.75, 3.05) is 18.5 Å². The Morgan fingerprint density at radius 1 is 1.14 bits per heavy atom. The molecule has 1 saturated heterocycles. The summed E-state index contributed by atoms with van der Waals surface area (Å²) in [5, 5.41) is 2.13. The first-order valence-electron chi connectivity index (χ1n) is 8.11. The highest BCUT2D eigenvalue weighted by atomic mass is 32.2. The molecule has 10 nitrogen and oxygen atoms in total. The van der Waals surface area contributed by atoms with Crippen molar-refractivity contribution >= 4 is 28.4 Å². The zero-order valence-corrected chi connectivity index (χ0v) is 16.0. The molecule has 11 heteroatoms. The third-order valence-corrected chi connectivity index (χ3v) is 3.56. The summed E-state index contributed by atoms with van der Waals surface area (Å²) in [6.07, 6.45) is -0.0484. The molecule has 28 heavy (non-hydrogen) atoms. The van der Waals surface area contributed by atoms with E-state index < -0.39 is 16.5 Å². The van der Waals surface area contributed by atoms with E-state index in [0.29, 0.717) is 30.2 Å². The first-order valence-corrected chi connectivity index (χ1v) is 9.15. The molecule has 0 aliphatic carbocycles. The number of nitrogens with zero attached hydrogens (tertiary/aromatic N) is 3. The standard InChI is InChI=1S/C10H10O3.C7H8N4O3S/c11-10(13-9-6-12-7-9)8-4-2-1-3-5-8;1-4-3-5(2)9-6(8-4)10-7(12)11-15(13)14/h1-5,9H,6-7H2;3H,1-2H3,(H,8,9,10,12). The van der Waals surface area contributed by atoms with E-state index in [1.807, 2.05) is 18.2 Å². The van der Waals surface area contributed by atoms with Crippen LogP contribution in [0.15, 0.2) is 40.8 Å². The number of aromatic nitrogens is 2. The average Bonchev–Trinajstić information content (AvgIpc) is 2.57. The minimum absolute atomic E-state index is 0.0340. The number of urea groups is 1. The van der Waals surface area contributed by atoms with E-state index in [0.717, 1.165) is 0 Å². The topological polar surface area (TPSA) is 137 Å². The smallest absolute Gasteiger partial charge is 0.362 e. The molecule has 0 atom stereocenters. The number of carbonyl (C=O) groups excluding carboxylic acids is 2. The van der Waals surface area contributed by atoms with Crippen LogP contribution >= 0.6 is 0 Å². The number of hydrogen-bond donors (Lipinski definition) is 1. The van der Waals surface area contributed by atoms with Gasteiger partial charge in [-0.2, -0.15) is 8.42 Å². The van der Waals surface area contributed by atoms with Crippen LogP contribution in [0.25, 0.3) is 0 Å². The Morgan fingerprint density at radius 2 is 1.75 bits per heavy atom. The van der Waals surface area contributed by atoms with Crippen LogP contribution in [0.1, 0.15) is 21.7 Å². The van der Waals surface area contributed by atoms with Gasteiger partial charge in [-0.05, 0) is 32.0 Å². The SMILES string of the molecule is Cc1cc(C)nc(NC(=O)N=S(=O)=O)n1.O=C(OC1COC1)c1ccccc1. The van der Waals surface area contributed by atoms with Crippen molar-refractivity contribution < 1.29 is 27.5 Å². The second-order valence-electron chi connectivity index (χ2n) is 5.64. The van der Waals surface area contributed by atoms with Crippen LogP contribution in [0.4, 0.5) is 10.7 Å². The summed E-state index contributed by atoms with van der Waals surface area (Å²) in [6.45, 7) is 4.51. The maximum atomic E-state index is 11.4. The summed E-state index contributed by atoms with van der Waals surface area (Å²) in [5.41, 5.74) is 1.93. The fourth-order valence-electron chi connectivity index (χ4n) is 2.04. The predicted molar refractivity (Wildman–Crippen MR) is 98.3 cm³/mol. The molecule has 1 fully saturated rings. The molecular weight excluding hydrogens is 388 g/mol. The van der Waals surface area contributed by atoms with Gasteiger partial charge in [0.05, 0.1) is 18.8 Å². The number of esters is 1. The van der Waals surface area contributed by atoms with Crippen molar-refractivity contribution in [3.05, 3.63) is 53.3 Å². The van der Waals surface area contributed by atoms with Gasteiger partial charge in [0.1, 0.15) is 6.10 Å². The van der Waals surface area contributed by atoms with Crippen LogP contribution in [-0.4, -0.2) is 49.7 Å². The Hall–Kier alpha value is -3.18. The number of benzene rings is 1. The number of aryl methyl sites for hydroxylation is 2. The van der Waals surface area contributed by atoms with Crippen molar-refractivity contribution in [3.8, 4) is 0 Å². The first kappa shape index (κ1) is 21.1. The highest BCUT2D eigenvalue weighted by Crippen LogP contribution is 2.09. The highest BCUT2D eigenvalue weighted by Gasteiger charge is 2.23. The van der Waals surface area contributed by atoms with Crippen LogP contribution < -0.4 is 5.32 Å². The molecule has 1 aromatic carbocycles. The molecule has 2 aromatic rings. The molecule has 0 bridgehead atoms. The number of nitrogens with one attached hydrogen (secondary N) is 1. The molecule has 2 heterocycles. The lowest BCUT2D eigenvalue weighted by atomic mass is 10.2. The van der Waals surface area contributed by atoms with Gasteiger partial charge in [-0.1, -0.05) is 22.6 Å². The second kappa shape index (κ2) is 10.2. The van der Waals surface area contributed by atoms with Crippen molar-refractivity contribution in [3.63, 3.8) is 0 Å². The third-order valence-electron chi connectivity index (χ3n) is 3.25. The summed E-state index contributed by atoms with van der Waals surface area (Å²) in [7, 11) is -2.77. The highest BCUT2D eigenvalue weighted by molar-refractivity contribution is 7.62. The van der Waals surface area contributed by atoms with E-state index in [-0.39, 0.29) is 18.0 Å². The lowest BCUT2D eigenvalue weighted by molar-refractivity contribution is -0.103. The largest absolute Gasteiger partial charge is 0.454 e. The Morgan fingerprint density at radius 3 is 2.25 bits per heavy atom. The van der Waals surface area contributed by atoms with Crippen LogP contribution in [0.3, 0.4) is 0 Å². The van der Waals surface area contributed by atoms with Crippen molar-refractivity contribution in [2.24, 2.45) is 4.36 Å². The number of hydrogen-bond acceptors (Lipinski definition) is 8. The van der Waals surface area contributed by atoms with E-state index in [1.165, 1.54) is 0 Å². The molecule has 0 saturated carbocycles. The average molecular weight is 406 g/mol. The Kier molecular flexibility index (Phi) is 7.72. The van der Waals surface area contributed by atoms with E-state index in [4.69, 9.17) is 9.47 Å². The Bertz CT molecular complexity index is 946. The van der Waals surface area contributed by atoms with Gasteiger partial charge in [-0.3, -0.25) is 5.32 Å². The summed E-state index contributed by atoms with van der Waals surface area (Å²) in [5.74, 6) is -0.236. The van der Waals surface area contributed by atoms with Gasteiger partial charge in [0, 0.05) is 11.4 Å². The molecule has 0 radical (unpaired) electrons. The second-order valence-corrected chi connectivity index (χ2v) is 6.26. The number of rotatable bonds is 3. The minimum Gasteiger partial charge on any atom is -0.454 e. The normalized spacial score (nSPS) is 12.6. The van der Waals surface area contributed by atoms with Crippen molar-refractivity contribution in [1.82, 2.24) is 9.97 Å². The molecular formula is C17H18N4O6S. The summed E-state index contributed by atoms with van der Waals surface area (Å²) in [6, 6.07) is 9.67. The molecule has 0 unspecified atom stereocenters. The summed E-state index contributed by atoms with van der Waals surface area (Å²) >= 11 is 0. The van der Waals surface area contributed by atoms with Gasteiger partial charge in [0.2, 0.25) is 5.95 Å².